The minimum absolute atomic E-state index is 0.0248. The zero-order valence-electron chi connectivity index (χ0n) is 17.6. The number of ether oxygens (including phenoxy) is 1. The van der Waals surface area contributed by atoms with Crippen molar-refractivity contribution in [3.05, 3.63) is 18.2 Å². The van der Waals surface area contributed by atoms with Crippen molar-refractivity contribution in [2.75, 3.05) is 49.6 Å². The Morgan fingerprint density at radius 1 is 1.03 bits per heavy atom. The van der Waals surface area contributed by atoms with Crippen LogP contribution in [0.2, 0.25) is 0 Å². The number of carbonyl (C=O) groups excluding carboxylic acids is 1. The first-order valence-corrected chi connectivity index (χ1v) is 12.7. The maximum Gasteiger partial charge on any atom is 0.243 e. The summed E-state index contributed by atoms with van der Waals surface area (Å²) >= 11 is 0. The summed E-state index contributed by atoms with van der Waals surface area (Å²) in [5.74, 6) is 0.630. The summed E-state index contributed by atoms with van der Waals surface area (Å²) in [5, 5.41) is 3.04. The Morgan fingerprint density at radius 3 is 2.43 bits per heavy atom. The molecule has 1 amide bonds. The van der Waals surface area contributed by atoms with Crippen molar-refractivity contribution in [1.29, 1.82) is 0 Å². The highest BCUT2D eigenvalue weighted by atomic mass is 32.2. The largest absolute Gasteiger partial charge is 0.379 e. The van der Waals surface area contributed by atoms with Crippen LogP contribution < -0.4 is 10.2 Å². The van der Waals surface area contributed by atoms with Gasteiger partial charge in [0.25, 0.3) is 0 Å². The first-order valence-electron chi connectivity index (χ1n) is 11.3. The molecule has 3 aliphatic rings. The van der Waals surface area contributed by atoms with Crippen LogP contribution in [0.3, 0.4) is 0 Å². The van der Waals surface area contributed by atoms with E-state index in [0.717, 1.165) is 38.0 Å². The maximum atomic E-state index is 13.1. The minimum atomic E-state index is -3.60. The Hall–Kier alpha value is -1.64. The molecule has 2 aliphatic heterocycles. The molecule has 166 valence electrons. The van der Waals surface area contributed by atoms with Gasteiger partial charge in [0.15, 0.2) is 0 Å². The normalized spacial score (nSPS) is 21.3. The van der Waals surface area contributed by atoms with E-state index in [-0.39, 0.29) is 10.8 Å². The van der Waals surface area contributed by atoms with Crippen LogP contribution in [0.1, 0.15) is 51.4 Å². The van der Waals surface area contributed by atoms with Crippen molar-refractivity contribution in [1.82, 2.24) is 4.31 Å². The van der Waals surface area contributed by atoms with Crippen molar-refractivity contribution in [3.8, 4) is 0 Å². The van der Waals surface area contributed by atoms with Gasteiger partial charge in [-0.2, -0.15) is 4.31 Å². The highest BCUT2D eigenvalue weighted by Crippen LogP contribution is 2.33. The minimum Gasteiger partial charge on any atom is -0.379 e. The smallest absolute Gasteiger partial charge is 0.243 e. The second-order valence-electron chi connectivity index (χ2n) is 8.63. The molecule has 2 heterocycles. The molecule has 2 saturated heterocycles. The molecule has 0 spiro atoms. The van der Waals surface area contributed by atoms with Gasteiger partial charge in [-0.25, -0.2) is 8.42 Å². The quantitative estimate of drug-likeness (QED) is 0.711. The third kappa shape index (κ3) is 4.98. The molecule has 0 aromatic heterocycles. The van der Waals surface area contributed by atoms with Crippen molar-refractivity contribution in [2.24, 2.45) is 5.92 Å². The molecule has 1 aromatic carbocycles. The number of nitrogens with one attached hydrogen (secondary N) is 1. The lowest BCUT2D eigenvalue weighted by atomic mass is 10.0. The molecule has 7 nitrogen and oxygen atoms in total. The predicted octanol–water partition coefficient (Wildman–Crippen LogP) is 3.22. The molecule has 30 heavy (non-hydrogen) atoms. The van der Waals surface area contributed by atoms with Crippen LogP contribution in [0, 0.1) is 5.92 Å². The van der Waals surface area contributed by atoms with Gasteiger partial charge in [0.1, 0.15) is 0 Å². The van der Waals surface area contributed by atoms with Crippen LogP contribution in [0.15, 0.2) is 23.1 Å². The van der Waals surface area contributed by atoms with E-state index in [1.54, 1.807) is 12.1 Å². The molecule has 4 rings (SSSR count). The molecule has 3 fully saturated rings. The number of sulfonamides is 1. The van der Waals surface area contributed by atoms with Gasteiger partial charge in [-0.05, 0) is 43.4 Å². The van der Waals surface area contributed by atoms with Gasteiger partial charge in [0, 0.05) is 32.6 Å². The van der Waals surface area contributed by atoms with Crippen LogP contribution in [0.5, 0.6) is 0 Å². The second-order valence-corrected chi connectivity index (χ2v) is 10.6. The fraction of sp³-hybridized carbons (Fsp3) is 0.682. The fourth-order valence-electron chi connectivity index (χ4n) is 4.79. The second kappa shape index (κ2) is 9.66. The lowest BCUT2D eigenvalue weighted by molar-refractivity contribution is -0.116. The van der Waals surface area contributed by atoms with Gasteiger partial charge >= 0.3 is 0 Å². The molecular formula is C22H33N3O4S. The zero-order valence-corrected chi connectivity index (χ0v) is 18.5. The molecule has 8 heteroatoms. The van der Waals surface area contributed by atoms with Crippen LogP contribution in [-0.2, 0) is 19.6 Å². The summed E-state index contributed by atoms with van der Waals surface area (Å²) in [5.41, 5.74) is 1.53. The Labute approximate surface area is 179 Å². The number of morpholine rings is 1. The van der Waals surface area contributed by atoms with Gasteiger partial charge in [-0.15, -0.1) is 0 Å². The zero-order chi connectivity index (χ0) is 21.0. The molecule has 1 aliphatic carbocycles. The summed E-state index contributed by atoms with van der Waals surface area (Å²) in [7, 11) is -3.60. The van der Waals surface area contributed by atoms with Gasteiger partial charge < -0.3 is 15.0 Å². The third-order valence-corrected chi connectivity index (χ3v) is 8.45. The van der Waals surface area contributed by atoms with Gasteiger partial charge in [-0.1, -0.05) is 25.7 Å². The van der Waals surface area contributed by atoms with Gasteiger partial charge in [0.2, 0.25) is 15.9 Å². The van der Waals surface area contributed by atoms with Crippen LogP contribution in [0.4, 0.5) is 11.4 Å². The van der Waals surface area contributed by atoms with Gasteiger partial charge in [0.05, 0.1) is 29.5 Å². The number of hydrogen-bond acceptors (Lipinski definition) is 5. The van der Waals surface area contributed by atoms with Crippen molar-refractivity contribution < 1.29 is 17.9 Å². The molecule has 0 radical (unpaired) electrons. The van der Waals surface area contributed by atoms with E-state index in [9.17, 15) is 13.2 Å². The topological polar surface area (TPSA) is 79.0 Å². The van der Waals surface area contributed by atoms with E-state index < -0.39 is 10.0 Å². The molecule has 1 aromatic rings. The van der Waals surface area contributed by atoms with Crippen LogP contribution in [0.25, 0.3) is 0 Å². The number of anilines is 2. The molecule has 0 bridgehead atoms. The monoisotopic (exact) mass is 435 g/mol. The van der Waals surface area contributed by atoms with E-state index in [2.05, 4.69) is 10.2 Å². The van der Waals surface area contributed by atoms with E-state index in [1.807, 2.05) is 6.07 Å². The van der Waals surface area contributed by atoms with E-state index in [4.69, 9.17) is 4.74 Å². The van der Waals surface area contributed by atoms with Gasteiger partial charge in [-0.3, -0.25) is 4.79 Å². The summed E-state index contributed by atoms with van der Waals surface area (Å²) in [6.45, 7) is 3.41. The van der Waals surface area contributed by atoms with Crippen molar-refractivity contribution >= 4 is 27.3 Å². The molecular weight excluding hydrogens is 402 g/mol. The Bertz CT molecular complexity index is 840. The van der Waals surface area contributed by atoms with E-state index in [0.29, 0.717) is 44.3 Å². The SMILES string of the molecule is O=C(CCC1CCCC1)Nc1cc(S(=O)(=O)N2CCOCC2)ccc1N1CCCC1. The summed E-state index contributed by atoms with van der Waals surface area (Å²) in [6, 6.07) is 5.17. The molecule has 0 unspecified atom stereocenters. The van der Waals surface area contributed by atoms with Crippen LogP contribution in [-0.4, -0.2) is 58.0 Å². The summed E-state index contributed by atoms with van der Waals surface area (Å²) in [6.07, 6.45) is 8.62. The standard InChI is InChI=1S/C22H33N3O4S/c26-22(10-7-18-5-1-2-6-18)23-20-17-19(8-9-21(20)24-11-3-4-12-24)30(27,28)25-13-15-29-16-14-25/h8-9,17-18H,1-7,10-16H2,(H,23,26). The lowest BCUT2D eigenvalue weighted by Gasteiger charge is -2.27. The van der Waals surface area contributed by atoms with Crippen LogP contribution >= 0.6 is 0 Å². The number of hydrogen-bond donors (Lipinski definition) is 1. The number of rotatable bonds is 7. The first-order chi connectivity index (χ1) is 14.5. The Kier molecular flexibility index (Phi) is 6.95. The maximum absolute atomic E-state index is 13.1. The summed E-state index contributed by atoms with van der Waals surface area (Å²) in [4.78, 5) is 15.2. The van der Waals surface area contributed by atoms with E-state index in [1.165, 1.54) is 30.0 Å². The molecule has 0 atom stereocenters. The highest BCUT2D eigenvalue weighted by molar-refractivity contribution is 7.89. The predicted molar refractivity (Wildman–Crippen MR) is 117 cm³/mol. The van der Waals surface area contributed by atoms with Crippen molar-refractivity contribution in [3.63, 3.8) is 0 Å². The highest BCUT2D eigenvalue weighted by Gasteiger charge is 2.28. The Balaban J connectivity index is 1.53. The third-order valence-electron chi connectivity index (χ3n) is 6.55. The average Bonchev–Trinajstić information content (AvgIpc) is 3.47. The fourth-order valence-corrected chi connectivity index (χ4v) is 6.23. The number of nitrogens with zero attached hydrogens (tertiary/aromatic N) is 2. The first kappa shape index (κ1) is 21.6. The summed E-state index contributed by atoms with van der Waals surface area (Å²) < 4.78 is 33.0. The van der Waals surface area contributed by atoms with Crippen molar-refractivity contribution in [2.45, 2.75) is 56.3 Å². The number of carbonyl (C=O) groups is 1. The number of benzene rings is 1. The molecule has 1 saturated carbocycles. The Morgan fingerprint density at radius 2 is 1.73 bits per heavy atom. The molecule has 1 N–H and O–H groups in total. The average molecular weight is 436 g/mol. The lowest BCUT2D eigenvalue weighted by Crippen LogP contribution is -2.40. The number of amides is 1. The van der Waals surface area contributed by atoms with E-state index >= 15 is 0 Å².